The Hall–Kier alpha value is -2.33. The van der Waals surface area contributed by atoms with Crippen LogP contribution in [0.2, 0.25) is 0 Å². The third-order valence-corrected chi connectivity index (χ3v) is 3.46. The third kappa shape index (κ3) is 2.76. The van der Waals surface area contributed by atoms with Crippen LogP contribution in [0.25, 0.3) is 5.95 Å². The fraction of sp³-hybridized carbons (Fsp3) is 0.545. The van der Waals surface area contributed by atoms with Crippen LogP contribution in [0.5, 0.6) is 0 Å². The molecule has 0 radical (unpaired) electrons. The first-order chi connectivity index (χ1) is 10.3. The van der Waals surface area contributed by atoms with Crippen LogP contribution in [0, 0.1) is 0 Å². The van der Waals surface area contributed by atoms with Crippen LogP contribution >= 0.6 is 0 Å². The number of nitrogens with one attached hydrogen (secondary N) is 1. The molecule has 0 bridgehead atoms. The Bertz CT molecular complexity index is 587. The fourth-order valence-electron chi connectivity index (χ4n) is 2.41. The lowest BCUT2D eigenvalue weighted by molar-refractivity contribution is 0.238. The largest absolute Gasteiger partial charge is 0.394 e. The summed E-state index contributed by atoms with van der Waals surface area (Å²) in [6.07, 6.45) is 5.93. The number of anilines is 2. The van der Waals surface area contributed by atoms with Crippen molar-refractivity contribution in [3.63, 3.8) is 0 Å². The van der Waals surface area contributed by atoms with Gasteiger partial charge >= 0.3 is 0 Å². The summed E-state index contributed by atoms with van der Waals surface area (Å²) in [6.45, 7) is 0.853. The maximum atomic E-state index is 9.52. The van der Waals surface area contributed by atoms with E-state index in [4.69, 9.17) is 5.84 Å². The minimum Gasteiger partial charge on any atom is -0.394 e. The third-order valence-electron chi connectivity index (χ3n) is 3.46. The Morgan fingerprint density at radius 1 is 1.29 bits per heavy atom. The molecule has 1 aliphatic rings. The number of aliphatic hydroxyl groups excluding tert-OH is 1. The molecule has 3 heterocycles. The smallest absolute Gasteiger partial charge is 0.258 e. The second-order valence-electron chi connectivity index (χ2n) is 4.77. The molecule has 0 saturated carbocycles. The van der Waals surface area contributed by atoms with Crippen LogP contribution < -0.4 is 16.2 Å². The van der Waals surface area contributed by atoms with E-state index in [1.54, 1.807) is 0 Å². The highest BCUT2D eigenvalue weighted by Crippen LogP contribution is 2.22. The van der Waals surface area contributed by atoms with Gasteiger partial charge in [0.2, 0.25) is 11.9 Å². The molecule has 10 heteroatoms. The predicted octanol–water partition coefficient (Wildman–Crippen LogP) is -0.911. The molecule has 0 spiro atoms. The molecule has 112 valence electrons. The van der Waals surface area contributed by atoms with Crippen LogP contribution in [0.1, 0.15) is 19.3 Å². The van der Waals surface area contributed by atoms with Crippen molar-refractivity contribution in [3.05, 3.63) is 12.7 Å². The molecule has 0 amide bonds. The first-order valence-electron chi connectivity index (χ1n) is 6.77. The summed E-state index contributed by atoms with van der Waals surface area (Å²) in [5.74, 6) is 6.47. The van der Waals surface area contributed by atoms with E-state index in [9.17, 15) is 5.11 Å². The van der Waals surface area contributed by atoms with Gasteiger partial charge < -0.3 is 10.0 Å². The standard InChI is InChI=1S/C11H17N9O/c12-18-9-15-10(19-4-2-1-3-8(19)5-21)17-11(16-9)20-7-13-6-14-20/h6-8,21H,1-5,12H2,(H,15,16,17,18). The van der Waals surface area contributed by atoms with E-state index in [0.717, 1.165) is 25.8 Å². The van der Waals surface area contributed by atoms with Gasteiger partial charge in [-0.15, -0.1) is 0 Å². The van der Waals surface area contributed by atoms with Gasteiger partial charge in [0.25, 0.3) is 5.95 Å². The quantitative estimate of drug-likeness (QED) is 0.484. The first-order valence-corrected chi connectivity index (χ1v) is 6.77. The van der Waals surface area contributed by atoms with E-state index >= 15 is 0 Å². The lowest BCUT2D eigenvalue weighted by Gasteiger charge is -2.34. The maximum Gasteiger partial charge on any atom is 0.258 e. The Labute approximate surface area is 121 Å². The summed E-state index contributed by atoms with van der Waals surface area (Å²) in [5.41, 5.74) is 2.43. The molecule has 4 N–H and O–H groups in total. The van der Waals surface area contributed by atoms with E-state index in [-0.39, 0.29) is 18.6 Å². The van der Waals surface area contributed by atoms with Crippen LogP contribution in [-0.4, -0.2) is 54.0 Å². The number of hydrazine groups is 1. The molecule has 1 unspecified atom stereocenters. The zero-order valence-electron chi connectivity index (χ0n) is 11.4. The number of aliphatic hydroxyl groups is 1. The molecular weight excluding hydrogens is 274 g/mol. The maximum absolute atomic E-state index is 9.52. The SMILES string of the molecule is NNc1nc(N2CCCCC2CO)nc(-n2cncn2)n1. The first kappa shape index (κ1) is 13.6. The van der Waals surface area contributed by atoms with Gasteiger partial charge in [-0.25, -0.2) is 10.8 Å². The van der Waals surface area contributed by atoms with E-state index in [0.29, 0.717) is 11.9 Å². The molecule has 2 aromatic rings. The summed E-state index contributed by atoms with van der Waals surface area (Å²) in [6, 6.07) is 0.00960. The van der Waals surface area contributed by atoms with Gasteiger partial charge in [0.05, 0.1) is 12.6 Å². The molecule has 1 atom stereocenters. The van der Waals surface area contributed by atoms with Crippen LogP contribution in [0.4, 0.5) is 11.9 Å². The number of nitrogen functional groups attached to an aromatic ring is 1. The second-order valence-corrected chi connectivity index (χ2v) is 4.77. The second kappa shape index (κ2) is 5.97. The van der Waals surface area contributed by atoms with Gasteiger partial charge in [0.15, 0.2) is 0 Å². The lowest BCUT2D eigenvalue weighted by Crippen LogP contribution is -2.43. The highest BCUT2D eigenvalue weighted by Gasteiger charge is 2.25. The number of piperidine rings is 1. The average Bonchev–Trinajstić information content (AvgIpc) is 3.09. The Morgan fingerprint density at radius 3 is 2.86 bits per heavy atom. The zero-order valence-corrected chi connectivity index (χ0v) is 11.4. The van der Waals surface area contributed by atoms with E-state index in [1.165, 1.54) is 17.3 Å². The molecule has 3 rings (SSSR count). The van der Waals surface area contributed by atoms with Crippen molar-refractivity contribution in [3.8, 4) is 5.95 Å². The van der Waals surface area contributed by atoms with Crippen molar-refractivity contribution in [1.29, 1.82) is 0 Å². The zero-order chi connectivity index (χ0) is 14.7. The van der Waals surface area contributed by atoms with Gasteiger partial charge in [-0.05, 0) is 19.3 Å². The van der Waals surface area contributed by atoms with Gasteiger partial charge in [0.1, 0.15) is 12.7 Å². The van der Waals surface area contributed by atoms with Gasteiger partial charge in [0, 0.05) is 6.54 Å². The molecule has 0 aliphatic carbocycles. The molecule has 1 aliphatic heterocycles. The number of nitrogens with two attached hydrogens (primary N) is 1. The van der Waals surface area contributed by atoms with Gasteiger partial charge in [-0.3, -0.25) is 5.43 Å². The molecule has 21 heavy (non-hydrogen) atoms. The van der Waals surface area contributed by atoms with Crippen molar-refractivity contribution in [2.45, 2.75) is 25.3 Å². The summed E-state index contributed by atoms with van der Waals surface area (Å²) < 4.78 is 1.43. The van der Waals surface area contributed by atoms with Crippen molar-refractivity contribution in [2.24, 2.45) is 5.84 Å². The molecule has 10 nitrogen and oxygen atoms in total. The Balaban J connectivity index is 1.99. The fourth-order valence-corrected chi connectivity index (χ4v) is 2.41. The van der Waals surface area contributed by atoms with Crippen LogP contribution in [0.3, 0.4) is 0 Å². The summed E-state index contributed by atoms with van der Waals surface area (Å²) in [7, 11) is 0. The van der Waals surface area contributed by atoms with Gasteiger partial charge in [-0.1, -0.05) is 0 Å². The molecule has 2 aromatic heterocycles. The van der Waals surface area contributed by atoms with E-state index in [1.807, 2.05) is 4.90 Å². The summed E-state index contributed by atoms with van der Waals surface area (Å²) in [4.78, 5) is 18.7. The van der Waals surface area contributed by atoms with Crippen molar-refractivity contribution >= 4 is 11.9 Å². The molecule has 0 aromatic carbocycles. The van der Waals surface area contributed by atoms with E-state index in [2.05, 4.69) is 30.5 Å². The van der Waals surface area contributed by atoms with Gasteiger partial charge in [-0.2, -0.15) is 24.7 Å². The highest BCUT2D eigenvalue weighted by molar-refractivity contribution is 5.40. The highest BCUT2D eigenvalue weighted by atomic mass is 16.3. The van der Waals surface area contributed by atoms with E-state index < -0.39 is 0 Å². The summed E-state index contributed by atoms with van der Waals surface area (Å²) in [5, 5.41) is 13.5. The molecule has 1 fully saturated rings. The predicted molar refractivity (Wildman–Crippen MR) is 74.6 cm³/mol. The van der Waals surface area contributed by atoms with Crippen molar-refractivity contribution in [2.75, 3.05) is 23.5 Å². The van der Waals surface area contributed by atoms with Crippen molar-refractivity contribution in [1.82, 2.24) is 29.7 Å². The lowest BCUT2D eigenvalue weighted by atomic mass is 10.0. The Kier molecular flexibility index (Phi) is 3.88. The summed E-state index contributed by atoms with van der Waals surface area (Å²) >= 11 is 0. The topological polar surface area (TPSA) is 131 Å². The number of aromatic nitrogens is 6. The number of hydrogen-bond acceptors (Lipinski definition) is 9. The number of rotatable bonds is 4. The molecular formula is C11H17N9O. The average molecular weight is 291 g/mol. The monoisotopic (exact) mass is 291 g/mol. The number of hydrogen-bond donors (Lipinski definition) is 3. The van der Waals surface area contributed by atoms with Crippen LogP contribution in [-0.2, 0) is 0 Å². The minimum atomic E-state index is 0.00960. The number of nitrogens with zero attached hydrogens (tertiary/aromatic N) is 7. The Morgan fingerprint density at radius 2 is 2.14 bits per heavy atom. The minimum absolute atomic E-state index is 0.00960. The van der Waals surface area contributed by atoms with Crippen molar-refractivity contribution < 1.29 is 5.11 Å². The van der Waals surface area contributed by atoms with Crippen LogP contribution in [0.15, 0.2) is 12.7 Å². The normalized spacial score (nSPS) is 18.8. The molecule has 1 saturated heterocycles.